The molecule has 6 rings (SSSR count). The molecular weight excluding hydrogens is 924 g/mol. The molecule has 14 nitrogen and oxygen atoms in total. The van der Waals surface area contributed by atoms with Crippen LogP contribution in [0.25, 0.3) is 0 Å². The van der Waals surface area contributed by atoms with E-state index < -0.39 is 34.7 Å². The normalized spacial score (nSPS) is 15.9. The van der Waals surface area contributed by atoms with Gasteiger partial charge in [0.05, 0.1) is 61.2 Å². The second-order valence-corrected chi connectivity index (χ2v) is 16.6. The SMILES string of the molecule is O=S(=O)(O)C(F)(F)F.[2H]C(NCc1cc(C)cc(C)c1)c1ccc(C([2H])([2H])OC(=O)c2cc(C)cc(C)c2)cc1.c1ccc2c(c1)OCCOCCOCCOc1ccccc1OCCOCCOCCO2. The van der Waals surface area contributed by atoms with E-state index in [0.29, 0.717) is 120 Å². The van der Waals surface area contributed by atoms with Crippen molar-refractivity contribution in [2.75, 3.05) is 79.3 Å². The van der Waals surface area contributed by atoms with E-state index in [2.05, 4.69) is 23.5 Å². The van der Waals surface area contributed by atoms with Crippen molar-refractivity contribution in [1.29, 1.82) is 0 Å². The second-order valence-electron chi connectivity index (χ2n) is 15.2. The van der Waals surface area contributed by atoms with Gasteiger partial charge >= 0.3 is 21.6 Å². The van der Waals surface area contributed by atoms with Gasteiger partial charge in [0.15, 0.2) is 23.0 Å². The van der Waals surface area contributed by atoms with Gasteiger partial charge in [-0.05, 0) is 80.8 Å². The molecule has 5 aromatic carbocycles. The summed E-state index contributed by atoms with van der Waals surface area (Å²) < 4.78 is 133. The van der Waals surface area contributed by atoms with Crippen LogP contribution in [0, 0.1) is 27.7 Å². The van der Waals surface area contributed by atoms with E-state index in [4.69, 9.17) is 59.7 Å². The molecule has 0 bridgehead atoms. The van der Waals surface area contributed by atoms with Crippen LogP contribution in [-0.2, 0) is 53.4 Å². The van der Waals surface area contributed by atoms with Crippen LogP contribution in [0.1, 0.15) is 53.4 Å². The lowest BCUT2D eigenvalue weighted by molar-refractivity contribution is -0.0510. The molecule has 1 aliphatic heterocycles. The average Bonchev–Trinajstić information content (AvgIpc) is 3.31. The molecule has 2 N–H and O–H groups in total. The summed E-state index contributed by atoms with van der Waals surface area (Å²) in [6.45, 7) is 11.0. The molecule has 1 heterocycles. The van der Waals surface area contributed by atoms with E-state index in [0.717, 1.165) is 16.7 Å². The van der Waals surface area contributed by atoms with Crippen molar-refractivity contribution in [3.63, 3.8) is 0 Å². The van der Waals surface area contributed by atoms with Crippen LogP contribution in [0.2, 0.25) is 0 Å². The molecule has 69 heavy (non-hydrogen) atoms. The maximum absolute atomic E-state index is 12.5. The zero-order valence-electron chi connectivity index (χ0n) is 42.1. The smallest absolute Gasteiger partial charge is 0.487 e. The Hall–Kier alpha value is -5.73. The number of carbonyl (C=O) groups excluding carboxylic acids is 1. The fourth-order valence-corrected chi connectivity index (χ4v) is 6.23. The molecule has 1 aliphatic rings. The third kappa shape index (κ3) is 22.5. The third-order valence-electron chi connectivity index (χ3n) is 9.16. The first-order valence-electron chi connectivity index (χ1n) is 23.5. The van der Waals surface area contributed by atoms with Gasteiger partial charge in [-0.15, -0.1) is 0 Å². The zero-order chi connectivity index (χ0) is 52.6. The Morgan fingerprint density at radius 3 is 1.26 bits per heavy atom. The summed E-state index contributed by atoms with van der Waals surface area (Å²) in [6, 6.07) is 33.2. The standard InChI is InChI=1S/C26H29NO2.C24H32O8.CHF3O3S/c1-18-9-19(2)12-24(11-18)16-27-15-22-5-7-23(8-6-22)17-29-26(28)25-13-20(3)10-21(4)14-25;1-2-6-22-21(5-1)29-17-13-25-9-10-27-15-19-31-23-7-3-4-8-24(23)32-20-16-28-12-11-26-14-18-30-22;2-1(3,4)8(5,6)7/h5-14,27H,15-17H2,1-4H3;1-8H,9-20H2;(H,5,6,7)/i15D,17D2;;. The molecule has 0 aliphatic carbocycles. The summed E-state index contributed by atoms with van der Waals surface area (Å²) in [6.07, 6.45) is 0. The Morgan fingerprint density at radius 1 is 0.565 bits per heavy atom. The number of benzene rings is 5. The average molecular weight is 989 g/mol. The fourth-order valence-electron chi connectivity index (χ4n) is 6.23. The number of hydrogen-bond acceptors (Lipinski definition) is 13. The minimum atomic E-state index is -5.84. The highest BCUT2D eigenvalue weighted by Crippen LogP contribution is 2.27. The maximum Gasteiger partial charge on any atom is 0.522 e. The summed E-state index contributed by atoms with van der Waals surface area (Å²) in [4.78, 5) is 12.5. The molecule has 0 aromatic heterocycles. The summed E-state index contributed by atoms with van der Waals surface area (Å²) in [5.74, 6) is 2.02. The molecule has 0 spiro atoms. The summed E-state index contributed by atoms with van der Waals surface area (Å²) in [5, 5.41) is 3.18. The maximum atomic E-state index is 12.5. The zero-order valence-corrected chi connectivity index (χ0v) is 39.9. The lowest BCUT2D eigenvalue weighted by Crippen LogP contribution is -2.21. The largest absolute Gasteiger partial charge is 0.522 e. The van der Waals surface area contributed by atoms with Crippen molar-refractivity contribution in [3.05, 3.63) is 154 Å². The lowest BCUT2D eigenvalue weighted by Gasteiger charge is -2.14. The lowest BCUT2D eigenvalue weighted by atomic mass is 10.1. The minimum absolute atomic E-state index is 0.223. The fraction of sp³-hybridized carbons (Fsp3) is 0.392. The number of hydrogen-bond donors (Lipinski definition) is 2. The van der Waals surface area contributed by atoms with Gasteiger partial charge in [0, 0.05) is 14.4 Å². The minimum Gasteiger partial charge on any atom is -0.487 e. The van der Waals surface area contributed by atoms with Gasteiger partial charge < -0.3 is 47.9 Å². The number of rotatable bonds is 7. The number of halogens is 3. The predicted octanol–water partition coefficient (Wildman–Crippen LogP) is 8.94. The molecule has 5 aromatic rings. The van der Waals surface area contributed by atoms with E-state index in [1.165, 1.54) is 11.1 Å². The Morgan fingerprint density at radius 2 is 0.899 bits per heavy atom. The van der Waals surface area contributed by atoms with E-state index >= 15 is 0 Å². The molecule has 0 radical (unpaired) electrons. The van der Waals surface area contributed by atoms with E-state index in [1.807, 2.05) is 82.3 Å². The molecule has 0 saturated heterocycles. The first-order chi connectivity index (χ1) is 34.2. The van der Waals surface area contributed by atoms with Crippen molar-refractivity contribution < 1.29 is 77.7 Å². The molecule has 0 saturated carbocycles. The van der Waals surface area contributed by atoms with Crippen molar-refractivity contribution in [3.8, 4) is 23.0 Å². The first-order valence-corrected chi connectivity index (χ1v) is 23.3. The van der Waals surface area contributed by atoms with E-state index in [9.17, 15) is 18.0 Å². The van der Waals surface area contributed by atoms with Crippen LogP contribution < -0.4 is 24.3 Å². The van der Waals surface area contributed by atoms with Gasteiger partial charge in [-0.3, -0.25) is 4.55 Å². The van der Waals surface area contributed by atoms with Crippen molar-refractivity contribution in [1.82, 2.24) is 5.32 Å². The molecule has 1 unspecified atom stereocenters. The number of aryl methyl sites for hydroxylation is 4. The van der Waals surface area contributed by atoms with Crippen LogP contribution in [0.5, 0.6) is 23.0 Å². The predicted molar refractivity (Wildman–Crippen MR) is 254 cm³/mol. The highest BCUT2D eigenvalue weighted by atomic mass is 32.2. The van der Waals surface area contributed by atoms with E-state index in [1.54, 1.807) is 36.4 Å². The number of fused-ring (bicyclic) bond motifs is 2. The number of alkyl halides is 3. The Kier molecular flexibility index (Phi) is 22.2. The van der Waals surface area contributed by atoms with E-state index in [-0.39, 0.29) is 5.56 Å². The quantitative estimate of drug-likeness (QED) is 0.0902. The Balaban J connectivity index is 0.000000271. The highest BCUT2D eigenvalue weighted by molar-refractivity contribution is 7.86. The second kappa shape index (κ2) is 30.0. The molecule has 1 atom stereocenters. The van der Waals surface area contributed by atoms with Gasteiger partial charge in [-0.25, -0.2) is 4.79 Å². The van der Waals surface area contributed by atoms with Crippen molar-refractivity contribution >= 4 is 16.1 Å². The molecular formula is C51H62F3NO13S. The summed E-state index contributed by atoms with van der Waals surface area (Å²) in [5.41, 5.74) is 1.03. The van der Waals surface area contributed by atoms with Crippen LogP contribution in [-0.4, -0.2) is 104 Å². The van der Waals surface area contributed by atoms with Crippen LogP contribution in [0.3, 0.4) is 0 Å². The van der Waals surface area contributed by atoms with Crippen LogP contribution in [0.15, 0.2) is 109 Å². The van der Waals surface area contributed by atoms with Crippen molar-refractivity contribution in [2.45, 2.75) is 52.8 Å². The number of ether oxygens (including phenoxy) is 9. The number of para-hydroxylation sites is 4. The van der Waals surface area contributed by atoms with Gasteiger partial charge in [0.1, 0.15) is 33.0 Å². The number of esters is 1. The molecule has 18 heteroatoms. The first kappa shape index (κ1) is 51.1. The molecule has 0 amide bonds. The van der Waals surface area contributed by atoms with Crippen LogP contribution >= 0.6 is 0 Å². The van der Waals surface area contributed by atoms with Gasteiger partial charge in [0.2, 0.25) is 0 Å². The Bertz CT molecular complexity index is 2370. The topological polar surface area (TPSA) is 167 Å². The highest BCUT2D eigenvalue weighted by Gasteiger charge is 2.44. The monoisotopic (exact) mass is 988 g/mol. The number of carbonyl (C=O) groups is 1. The molecule has 376 valence electrons. The number of nitrogens with one attached hydrogen (secondary N) is 1. The van der Waals surface area contributed by atoms with Gasteiger partial charge in [0.25, 0.3) is 0 Å². The summed E-state index contributed by atoms with van der Waals surface area (Å²) >= 11 is 0. The Labute approximate surface area is 406 Å². The summed E-state index contributed by atoms with van der Waals surface area (Å²) in [7, 11) is -5.84. The van der Waals surface area contributed by atoms with Crippen molar-refractivity contribution in [2.24, 2.45) is 0 Å². The van der Waals surface area contributed by atoms with Gasteiger partial charge in [-0.1, -0.05) is 95.1 Å². The molecule has 0 fully saturated rings. The third-order valence-corrected chi connectivity index (χ3v) is 9.75. The van der Waals surface area contributed by atoms with Crippen LogP contribution in [0.4, 0.5) is 13.2 Å². The van der Waals surface area contributed by atoms with Gasteiger partial charge in [-0.2, -0.15) is 21.6 Å².